The Bertz CT molecular complexity index is 1680. The molecule has 0 saturated carbocycles. The van der Waals surface area contributed by atoms with Gasteiger partial charge in [-0.3, -0.25) is 0 Å². The van der Waals surface area contributed by atoms with E-state index < -0.39 is 5.92 Å². The Morgan fingerprint density at radius 3 is 1.21 bits per heavy atom. The number of rotatable bonds is 7. The van der Waals surface area contributed by atoms with Crippen LogP contribution in [0.5, 0.6) is 23.0 Å². The first kappa shape index (κ1) is 29.8. The van der Waals surface area contributed by atoms with E-state index >= 15 is 0 Å². The molecule has 0 aromatic heterocycles. The maximum Gasteiger partial charge on any atom is 0.122 e. The number of phenols is 4. The summed E-state index contributed by atoms with van der Waals surface area (Å²) in [5.74, 6) is 0.533. The summed E-state index contributed by atoms with van der Waals surface area (Å²) in [6.45, 7) is 11.9. The molecule has 4 N–H and O–H groups in total. The van der Waals surface area contributed by atoms with Crippen LogP contribution in [0.4, 0.5) is 0 Å². The van der Waals surface area contributed by atoms with Gasteiger partial charge in [-0.25, -0.2) is 0 Å². The van der Waals surface area contributed by atoms with Crippen LogP contribution < -0.4 is 0 Å². The van der Waals surface area contributed by atoms with Crippen molar-refractivity contribution < 1.29 is 20.4 Å². The van der Waals surface area contributed by atoms with Crippen molar-refractivity contribution in [3.8, 4) is 23.0 Å². The minimum atomic E-state index is -0.430. The number of benzene rings is 5. The third kappa shape index (κ3) is 5.83. The van der Waals surface area contributed by atoms with Gasteiger partial charge in [0.2, 0.25) is 0 Å². The van der Waals surface area contributed by atoms with E-state index in [1.165, 1.54) is 0 Å². The van der Waals surface area contributed by atoms with Gasteiger partial charge in [-0.15, -0.1) is 0 Å². The van der Waals surface area contributed by atoms with E-state index in [4.69, 9.17) is 0 Å². The fourth-order valence-electron chi connectivity index (χ4n) is 6.06. The molecule has 0 bridgehead atoms. The molecule has 0 fully saturated rings. The number of hydrogen-bond donors (Lipinski definition) is 4. The lowest BCUT2D eigenvalue weighted by Crippen LogP contribution is -2.09. The van der Waals surface area contributed by atoms with Crippen LogP contribution in [0.25, 0.3) is 0 Å². The highest BCUT2D eigenvalue weighted by Crippen LogP contribution is 2.45. The molecule has 4 nitrogen and oxygen atoms in total. The molecule has 5 aromatic carbocycles. The van der Waals surface area contributed by atoms with Crippen LogP contribution in [0.15, 0.2) is 91.0 Å². The summed E-state index contributed by atoms with van der Waals surface area (Å²) < 4.78 is 0. The highest BCUT2D eigenvalue weighted by molar-refractivity contribution is 5.59. The van der Waals surface area contributed by atoms with Crippen LogP contribution in [0.1, 0.15) is 92.8 Å². The first-order chi connectivity index (χ1) is 20.5. The minimum absolute atomic E-state index is 0.00759. The Labute approximate surface area is 254 Å². The molecule has 0 radical (unpaired) electrons. The second-order valence-electron chi connectivity index (χ2n) is 11.9. The van der Waals surface area contributed by atoms with E-state index in [-0.39, 0.29) is 34.8 Å². The fourth-order valence-corrected chi connectivity index (χ4v) is 6.06. The zero-order valence-electron chi connectivity index (χ0n) is 25.7. The molecule has 2 atom stereocenters. The van der Waals surface area contributed by atoms with Gasteiger partial charge in [0.1, 0.15) is 23.0 Å². The van der Waals surface area contributed by atoms with Crippen molar-refractivity contribution in [2.75, 3.05) is 0 Å². The van der Waals surface area contributed by atoms with E-state index in [0.717, 1.165) is 61.2 Å². The fraction of sp³-hybridized carbons (Fsp3) is 0.231. The SMILES string of the molecule is Cc1cc(C(C)c2cc(C)c(O)c(C(c3ccccc3)c3cc(C(C)c4ccc(O)c(C)c4)cc(C)c3O)c2)ccc1O. The standard InChI is InChI=1S/C39H40O4/c1-22-16-29(12-14-35(22)40)26(5)31-18-24(3)38(42)33(20-31)37(28-10-8-7-9-11-28)34-21-32(19-25(4)39(34)43)27(6)30-13-15-36(41)23(2)17-30/h7-21,26-27,37,40-43H,1-6H3. The second kappa shape index (κ2) is 11.9. The molecular weight excluding hydrogens is 532 g/mol. The average Bonchev–Trinajstić information content (AvgIpc) is 2.99. The summed E-state index contributed by atoms with van der Waals surface area (Å²) in [6, 6.07) is 29.5. The zero-order valence-corrected chi connectivity index (χ0v) is 25.7. The van der Waals surface area contributed by atoms with Crippen molar-refractivity contribution in [3.05, 3.63) is 152 Å². The zero-order chi connectivity index (χ0) is 31.0. The summed E-state index contributed by atoms with van der Waals surface area (Å²) in [5.41, 5.74) is 9.78. The van der Waals surface area contributed by atoms with Gasteiger partial charge >= 0.3 is 0 Å². The third-order valence-corrected chi connectivity index (χ3v) is 8.90. The molecular formula is C39H40O4. The molecule has 0 aliphatic rings. The quantitative estimate of drug-likeness (QED) is 0.147. The Balaban J connectivity index is 1.70. The monoisotopic (exact) mass is 572 g/mol. The van der Waals surface area contributed by atoms with E-state index in [1.54, 1.807) is 12.1 Å². The number of phenolic OH excluding ortho intramolecular Hbond substituents is 4. The molecule has 0 spiro atoms. The molecule has 2 unspecified atom stereocenters. The summed E-state index contributed by atoms with van der Waals surface area (Å²) in [5, 5.41) is 43.3. The van der Waals surface area contributed by atoms with Crippen LogP contribution in [0, 0.1) is 27.7 Å². The van der Waals surface area contributed by atoms with Gasteiger partial charge < -0.3 is 20.4 Å². The van der Waals surface area contributed by atoms with Crippen LogP contribution in [0.2, 0.25) is 0 Å². The minimum Gasteiger partial charge on any atom is -0.508 e. The first-order valence-corrected chi connectivity index (χ1v) is 14.8. The van der Waals surface area contributed by atoms with Gasteiger partial charge in [-0.1, -0.05) is 92.7 Å². The summed E-state index contributed by atoms with van der Waals surface area (Å²) in [7, 11) is 0. The maximum atomic E-state index is 11.6. The Kier molecular flexibility index (Phi) is 8.23. The molecule has 43 heavy (non-hydrogen) atoms. The predicted molar refractivity (Wildman–Crippen MR) is 174 cm³/mol. The highest BCUT2D eigenvalue weighted by Gasteiger charge is 2.27. The van der Waals surface area contributed by atoms with Crippen LogP contribution in [-0.4, -0.2) is 20.4 Å². The van der Waals surface area contributed by atoms with Gasteiger partial charge in [0.05, 0.1) is 0 Å². The van der Waals surface area contributed by atoms with Crippen molar-refractivity contribution in [1.29, 1.82) is 0 Å². The summed E-state index contributed by atoms with van der Waals surface area (Å²) in [6.07, 6.45) is 0. The molecule has 0 heterocycles. The Morgan fingerprint density at radius 1 is 0.419 bits per heavy atom. The van der Waals surface area contributed by atoms with E-state index in [2.05, 4.69) is 26.0 Å². The number of hydrogen-bond acceptors (Lipinski definition) is 4. The molecule has 220 valence electrons. The van der Waals surface area contributed by atoms with Gasteiger partial charge in [-0.05, 0) is 89.9 Å². The van der Waals surface area contributed by atoms with Crippen LogP contribution in [-0.2, 0) is 0 Å². The second-order valence-corrected chi connectivity index (χ2v) is 11.9. The molecule has 4 heteroatoms. The van der Waals surface area contributed by atoms with Crippen molar-refractivity contribution >= 4 is 0 Å². The molecule has 0 saturated heterocycles. The topological polar surface area (TPSA) is 80.9 Å². The Hall–Kier alpha value is -4.70. The van der Waals surface area contributed by atoms with Crippen LogP contribution >= 0.6 is 0 Å². The lowest BCUT2D eigenvalue weighted by Gasteiger charge is -2.26. The number of aromatic hydroxyl groups is 4. The molecule has 0 aliphatic heterocycles. The van der Waals surface area contributed by atoms with Crippen molar-refractivity contribution in [2.24, 2.45) is 0 Å². The number of aryl methyl sites for hydroxylation is 4. The lowest BCUT2D eigenvalue weighted by atomic mass is 9.79. The van der Waals surface area contributed by atoms with Crippen molar-refractivity contribution in [2.45, 2.75) is 59.3 Å². The third-order valence-electron chi connectivity index (χ3n) is 8.90. The van der Waals surface area contributed by atoms with E-state index in [9.17, 15) is 20.4 Å². The summed E-state index contributed by atoms with van der Waals surface area (Å²) in [4.78, 5) is 0. The largest absolute Gasteiger partial charge is 0.508 e. The predicted octanol–water partition coefficient (Wildman–Crippen LogP) is 9.23. The van der Waals surface area contributed by atoms with Crippen molar-refractivity contribution in [1.82, 2.24) is 0 Å². The Morgan fingerprint density at radius 2 is 0.814 bits per heavy atom. The van der Waals surface area contributed by atoms with E-state index in [0.29, 0.717) is 0 Å². The normalized spacial score (nSPS) is 13.4. The van der Waals surface area contributed by atoms with Gasteiger partial charge in [-0.2, -0.15) is 0 Å². The van der Waals surface area contributed by atoms with Crippen LogP contribution in [0.3, 0.4) is 0 Å². The smallest absolute Gasteiger partial charge is 0.122 e. The van der Waals surface area contributed by atoms with Gasteiger partial charge in [0, 0.05) is 28.9 Å². The highest BCUT2D eigenvalue weighted by atomic mass is 16.3. The molecule has 0 aliphatic carbocycles. The average molecular weight is 573 g/mol. The maximum absolute atomic E-state index is 11.6. The van der Waals surface area contributed by atoms with Gasteiger partial charge in [0.15, 0.2) is 0 Å². The lowest BCUT2D eigenvalue weighted by molar-refractivity contribution is 0.453. The van der Waals surface area contributed by atoms with Gasteiger partial charge in [0.25, 0.3) is 0 Å². The molecule has 5 aromatic rings. The summed E-state index contributed by atoms with van der Waals surface area (Å²) >= 11 is 0. The van der Waals surface area contributed by atoms with E-state index in [1.807, 2.05) is 94.4 Å². The first-order valence-electron chi connectivity index (χ1n) is 14.8. The molecule has 0 amide bonds. The molecule has 5 rings (SSSR count). The van der Waals surface area contributed by atoms with Crippen molar-refractivity contribution in [3.63, 3.8) is 0 Å².